The van der Waals surface area contributed by atoms with Gasteiger partial charge < -0.3 is 10.1 Å². The van der Waals surface area contributed by atoms with E-state index in [1.807, 2.05) is 0 Å². The van der Waals surface area contributed by atoms with Crippen molar-refractivity contribution in [3.63, 3.8) is 0 Å². The Labute approximate surface area is 102 Å². The SMILES string of the molecule is CCOC(=O)NCc1cncnc1C(C)(C)C. The Hall–Kier alpha value is -1.65. The van der Waals surface area contributed by atoms with E-state index in [0.717, 1.165) is 11.3 Å². The molecule has 0 saturated carbocycles. The van der Waals surface area contributed by atoms with Gasteiger partial charge in [0.05, 0.1) is 12.3 Å². The molecule has 0 fully saturated rings. The van der Waals surface area contributed by atoms with E-state index >= 15 is 0 Å². The Morgan fingerprint density at radius 2 is 2.18 bits per heavy atom. The maximum Gasteiger partial charge on any atom is 0.407 e. The molecular formula is C12H19N3O2. The van der Waals surface area contributed by atoms with Gasteiger partial charge in [-0.1, -0.05) is 20.8 Å². The van der Waals surface area contributed by atoms with Gasteiger partial charge in [0.2, 0.25) is 0 Å². The number of nitrogens with zero attached hydrogens (tertiary/aromatic N) is 2. The van der Waals surface area contributed by atoms with Gasteiger partial charge in [0.25, 0.3) is 0 Å². The fourth-order valence-corrected chi connectivity index (χ4v) is 1.51. The number of alkyl carbamates (subject to hydrolysis) is 1. The van der Waals surface area contributed by atoms with Gasteiger partial charge in [-0.2, -0.15) is 0 Å². The van der Waals surface area contributed by atoms with Crippen LogP contribution in [0.3, 0.4) is 0 Å². The predicted octanol–water partition coefficient (Wildman–Crippen LogP) is 2.02. The molecule has 0 unspecified atom stereocenters. The number of nitrogens with one attached hydrogen (secondary N) is 1. The number of ether oxygens (including phenoxy) is 1. The lowest BCUT2D eigenvalue weighted by atomic mass is 9.89. The standard InChI is InChI=1S/C12H19N3O2/c1-5-17-11(16)14-7-9-6-13-8-15-10(9)12(2,3)4/h6,8H,5,7H2,1-4H3,(H,14,16). The second-order valence-corrected chi connectivity index (χ2v) is 4.72. The van der Waals surface area contributed by atoms with Gasteiger partial charge in [0, 0.05) is 23.7 Å². The maximum atomic E-state index is 11.2. The highest BCUT2D eigenvalue weighted by Gasteiger charge is 2.19. The number of rotatable bonds is 3. The molecule has 5 heteroatoms. The van der Waals surface area contributed by atoms with Crippen LogP contribution in [0.4, 0.5) is 4.79 Å². The van der Waals surface area contributed by atoms with Crippen LogP contribution in [0.5, 0.6) is 0 Å². The quantitative estimate of drug-likeness (QED) is 0.873. The summed E-state index contributed by atoms with van der Waals surface area (Å²) in [5.41, 5.74) is 1.77. The zero-order valence-corrected chi connectivity index (χ0v) is 10.8. The highest BCUT2D eigenvalue weighted by molar-refractivity contribution is 5.67. The van der Waals surface area contributed by atoms with E-state index in [1.165, 1.54) is 6.33 Å². The molecule has 5 nitrogen and oxygen atoms in total. The first-order valence-corrected chi connectivity index (χ1v) is 5.65. The lowest BCUT2D eigenvalue weighted by molar-refractivity contribution is 0.151. The average molecular weight is 237 g/mol. The fraction of sp³-hybridized carbons (Fsp3) is 0.583. The van der Waals surface area contributed by atoms with Crippen LogP contribution in [-0.4, -0.2) is 22.7 Å². The van der Waals surface area contributed by atoms with Crippen LogP contribution < -0.4 is 5.32 Å². The highest BCUT2D eigenvalue weighted by atomic mass is 16.5. The molecule has 0 aromatic carbocycles. The molecule has 0 bridgehead atoms. The van der Waals surface area contributed by atoms with E-state index in [1.54, 1.807) is 13.1 Å². The van der Waals surface area contributed by atoms with Crippen molar-refractivity contribution < 1.29 is 9.53 Å². The van der Waals surface area contributed by atoms with E-state index in [9.17, 15) is 4.79 Å². The van der Waals surface area contributed by atoms with Gasteiger partial charge in [-0.25, -0.2) is 14.8 Å². The van der Waals surface area contributed by atoms with E-state index < -0.39 is 6.09 Å². The average Bonchev–Trinajstić information content (AvgIpc) is 2.26. The fourth-order valence-electron chi connectivity index (χ4n) is 1.51. The van der Waals surface area contributed by atoms with Crippen molar-refractivity contribution in [3.8, 4) is 0 Å². The summed E-state index contributed by atoms with van der Waals surface area (Å²) in [5.74, 6) is 0. The van der Waals surface area contributed by atoms with Gasteiger partial charge in [0.1, 0.15) is 6.33 Å². The summed E-state index contributed by atoms with van der Waals surface area (Å²) in [4.78, 5) is 19.5. The minimum absolute atomic E-state index is 0.0748. The number of carbonyl (C=O) groups is 1. The molecular weight excluding hydrogens is 218 g/mol. The molecule has 0 saturated heterocycles. The third-order valence-electron chi connectivity index (χ3n) is 2.20. The summed E-state index contributed by atoms with van der Waals surface area (Å²) in [6.45, 7) is 8.73. The van der Waals surface area contributed by atoms with Crippen LogP contribution >= 0.6 is 0 Å². The van der Waals surface area contributed by atoms with E-state index in [4.69, 9.17) is 4.74 Å². The molecule has 1 rings (SSSR count). The summed E-state index contributed by atoms with van der Waals surface area (Å²) < 4.78 is 4.80. The van der Waals surface area contributed by atoms with Gasteiger partial charge in [0.15, 0.2) is 0 Å². The number of carbonyl (C=O) groups excluding carboxylic acids is 1. The number of hydrogen-bond donors (Lipinski definition) is 1. The molecule has 1 N–H and O–H groups in total. The van der Waals surface area contributed by atoms with Crippen LogP contribution in [0.1, 0.15) is 39.0 Å². The Morgan fingerprint density at radius 3 is 2.76 bits per heavy atom. The monoisotopic (exact) mass is 237 g/mol. The zero-order valence-electron chi connectivity index (χ0n) is 10.8. The van der Waals surface area contributed by atoms with Crippen molar-refractivity contribution in [1.82, 2.24) is 15.3 Å². The molecule has 1 aromatic heterocycles. The minimum Gasteiger partial charge on any atom is -0.450 e. The molecule has 0 atom stereocenters. The molecule has 1 heterocycles. The molecule has 1 aromatic rings. The second kappa shape index (κ2) is 5.61. The highest BCUT2D eigenvalue weighted by Crippen LogP contribution is 2.22. The maximum absolute atomic E-state index is 11.2. The first kappa shape index (κ1) is 13.4. The van der Waals surface area contributed by atoms with E-state index in [0.29, 0.717) is 13.2 Å². The van der Waals surface area contributed by atoms with Gasteiger partial charge in [-0.05, 0) is 6.92 Å². The topological polar surface area (TPSA) is 64.1 Å². The van der Waals surface area contributed by atoms with Gasteiger partial charge in [-0.15, -0.1) is 0 Å². The first-order valence-electron chi connectivity index (χ1n) is 5.65. The van der Waals surface area contributed by atoms with Crippen molar-refractivity contribution in [2.24, 2.45) is 0 Å². The molecule has 0 aliphatic carbocycles. The van der Waals surface area contributed by atoms with Crippen molar-refractivity contribution in [3.05, 3.63) is 23.8 Å². The lowest BCUT2D eigenvalue weighted by Crippen LogP contribution is -2.26. The Balaban J connectivity index is 2.74. The molecule has 0 aliphatic heterocycles. The van der Waals surface area contributed by atoms with Crippen LogP contribution in [0.2, 0.25) is 0 Å². The van der Waals surface area contributed by atoms with Crippen molar-refractivity contribution >= 4 is 6.09 Å². The second-order valence-electron chi connectivity index (χ2n) is 4.72. The molecule has 0 aliphatic rings. The van der Waals surface area contributed by atoms with Crippen molar-refractivity contribution in [1.29, 1.82) is 0 Å². The number of hydrogen-bond acceptors (Lipinski definition) is 4. The summed E-state index contributed by atoms with van der Waals surface area (Å²) in [6, 6.07) is 0. The van der Waals surface area contributed by atoms with Crippen LogP contribution in [0, 0.1) is 0 Å². The third-order valence-corrected chi connectivity index (χ3v) is 2.20. The van der Waals surface area contributed by atoms with Crippen molar-refractivity contribution in [2.75, 3.05) is 6.61 Å². The predicted molar refractivity (Wildman–Crippen MR) is 64.6 cm³/mol. The number of aromatic nitrogens is 2. The molecule has 0 radical (unpaired) electrons. The molecule has 0 spiro atoms. The largest absolute Gasteiger partial charge is 0.450 e. The van der Waals surface area contributed by atoms with Crippen LogP contribution in [0.15, 0.2) is 12.5 Å². The third kappa shape index (κ3) is 4.01. The van der Waals surface area contributed by atoms with Gasteiger partial charge in [-0.3, -0.25) is 0 Å². The van der Waals surface area contributed by atoms with Crippen LogP contribution in [0.25, 0.3) is 0 Å². The molecule has 17 heavy (non-hydrogen) atoms. The van der Waals surface area contributed by atoms with Crippen LogP contribution in [-0.2, 0) is 16.7 Å². The lowest BCUT2D eigenvalue weighted by Gasteiger charge is -2.20. The minimum atomic E-state index is -0.420. The molecule has 1 amide bonds. The Morgan fingerprint density at radius 1 is 1.47 bits per heavy atom. The summed E-state index contributed by atoms with van der Waals surface area (Å²) in [5, 5.41) is 2.67. The van der Waals surface area contributed by atoms with Gasteiger partial charge >= 0.3 is 6.09 Å². The Kier molecular flexibility index (Phi) is 4.43. The van der Waals surface area contributed by atoms with E-state index in [2.05, 4.69) is 36.1 Å². The molecule has 94 valence electrons. The smallest absolute Gasteiger partial charge is 0.407 e. The summed E-state index contributed by atoms with van der Waals surface area (Å²) in [7, 11) is 0. The summed E-state index contributed by atoms with van der Waals surface area (Å²) in [6.07, 6.45) is 2.82. The van der Waals surface area contributed by atoms with E-state index in [-0.39, 0.29) is 5.41 Å². The zero-order chi connectivity index (χ0) is 12.9. The van der Waals surface area contributed by atoms with Crippen molar-refractivity contribution in [2.45, 2.75) is 39.7 Å². The number of amides is 1. The normalized spacial score (nSPS) is 11.1. The Bertz CT molecular complexity index is 386. The summed E-state index contributed by atoms with van der Waals surface area (Å²) >= 11 is 0. The first-order chi connectivity index (χ1) is 7.95.